The number of hydrogen-bond acceptors (Lipinski definition) is 3. The van der Waals surface area contributed by atoms with E-state index in [9.17, 15) is 13.2 Å². The molecule has 0 aliphatic rings. The van der Waals surface area contributed by atoms with Gasteiger partial charge in [0.15, 0.2) is 0 Å². The molecule has 3 aromatic rings. The predicted octanol–water partition coefficient (Wildman–Crippen LogP) is 5.25. The van der Waals surface area contributed by atoms with Crippen molar-refractivity contribution in [2.24, 2.45) is 0 Å². The van der Waals surface area contributed by atoms with E-state index < -0.39 is 10.0 Å². The van der Waals surface area contributed by atoms with Crippen molar-refractivity contribution >= 4 is 33.2 Å². The molecule has 1 amide bonds. The zero-order chi connectivity index (χ0) is 21.9. The minimum Gasteiger partial charge on any atom is -0.346 e. The van der Waals surface area contributed by atoms with Gasteiger partial charge in [0.05, 0.1) is 21.6 Å². The minimum atomic E-state index is -3.78. The lowest BCUT2D eigenvalue weighted by Crippen LogP contribution is -2.26. The lowest BCUT2D eigenvalue weighted by molar-refractivity contribution is 0.0940. The van der Waals surface area contributed by atoms with E-state index in [4.69, 9.17) is 11.6 Å². The summed E-state index contributed by atoms with van der Waals surface area (Å²) < 4.78 is 27.6. The molecule has 0 radical (unpaired) electrons. The van der Waals surface area contributed by atoms with E-state index in [1.807, 2.05) is 45.0 Å². The molecule has 5 nitrogen and oxygen atoms in total. The third kappa shape index (κ3) is 5.20. The molecular weight excluding hydrogens is 420 g/mol. The molecule has 0 fully saturated rings. The van der Waals surface area contributed by atoms with Gasteiger partial charge in [0.1, 0.15) is 0 Å². The van der Waals surface area contributed by atoms with Crippen molar-refractivity contribution in [2.45, 2.75) is 31.7 Å². The number of rotatable bonds is 6. The van der Waals surface area contributed by atoms with E-state index in [-0.39, 0.29) is 27.6 Å². The summed E-state index contributed by atoms with van der Waals surface area (Å²) in [6, 6.07) is 18.7. The Bertz CT molecular complexity index is 1160. The Morgan fingerprint density at radius 3 is 2.03 bits per heavy atom. The summed E-state index contributed by atoms with van der Waals surface area (Å²) in [7, 11) is -3.78. The van der Waals surface area contributed by atoms with E-state index >= 15 is 0 Å². The van der Waals surface area contributed by atoms with E-state index in [1.165, 1.54) is 30.3 Å². The van der Waals surface area contributed by atoms with Crippen molar-refractivity contribution in [1.82, 2.24) is 5.32 Å². The fraction of sp³-hybridized carbons (Fsp3) is 0.174. The molecule has 0 saturated heterocycles. The molecule has 3 aromatic carbocycles. The van der Waals surface area contributed by atoms with E-state index in [1.54, 1.807) is 12.1 Å². The smallest absolute Gasteiger partial charge is 0.261 e. The Labute approximate surface area is 182 Å². The molecule has 0 aliphatic heterocycles. The molecule has 3 rings (SSSR count). The summed E-state index contributed by atoms with van der Waals surface area (Å²) in [5.74, 6) is -0.294. The van der Waals surface area contributed by atoms with Crippen molar-refractivity contribution in [3.63, 3.8) is 0 Å². The number of carbonyl (C=O) groups excluding carboxylic acids is 1. The van der Waals surface area contributed by atoms with E-state index in [0.717, 1.165) is 16.7 Å². The van der Waals surface area contributed by atoms with Crippen molar-refractivity contribution < 1.29 is 13.2 Å². The lowest BCUT2D eigenvalue weighted by Gasteiger charge is -2.15. The van der Waals surface area contributed by atoms with Gasteiger partial charge >= 0.3 is 0 Å². The van der Waals surface area contributed by atoms with Crippen molar-refractivity contribution in [2.75, 3.05) is 4.72 Å². The molecule has 0 bridgehead atoms. The summed E-state index contributed by atoms with van der Waals surface area (Å²) in [5.41, 5.74) is 3.65. The maximum absolute atomic E-state index is 12.6. The highest BCUT2D eigenvalue weighted by Gasteiger charge is 2.17. The van der Waals surface area contributed by atoms with Crippen LogP contribution in [0.25, 0.3) is 0 Å². The Hall–Kier alpha value is -2.83. The van der Waals surface area contributed by atoms with Gasteiger partial charge in [0.2, 0.25) is 0 Å². The maximum Gasteiger partial charge on any atom is 0.261 e. The fourth-order valence-corrected chi connectivity index (χ4v) is 4.24. The molecule has 0 spiro atoms. The van der Waals surface area contributed by atoms with Gasteiger partial charge in [0.25, 0.3) is 15.9 Å². The molecule has 0 heterocycles. The first-order valence-corrected chi connectivity index (χ1v) is 11.3. The van der Waals surface area contributed by atoms with Gasteiger partial charge in [-0.1, -0.05) is 59.1 Å². The van der Waals surface area contributed by atoms with Crippen LogP contribution in [0.2, 0.25) is 5.02 Å². The summed E-state index contributed by atoms with van der Waals surface area (Å²) in [5, 5.41) is 3.06. The Balaban J connectivity index is 1.73. The number of hydrogen-bond donors (Lipinski definition) is 2. The van der Waals surface area contributed by atoms with E-state index in [2.05, 4.69) is 10.0 Å². The normalized spacial score (nSPS) is 12.3. The van der Waals surface area contributed by atoms with Crippen LogP contribution in [-0.4, -0.2) is 14.3 Å². The summed E-state index contributed by atoms with van der Waals surface area (Å²) in [4.78, 5) is 12.7. The third-order valence-corrected chi connectivity index (χ3v) is 6.43. The number of benzene rings is 3. The van der Waals surface area contributed by atoms with Crippen LogP contribution in [0.15, 0.2) is 71.6 Å². The van der Waals surface area contributed by atoms with Crippen LogP contribution in [-0.2, 0) is 10.0 Å². The first kappa shape index (κ1) is 21.9. The van der Waals surface area contributed by atoms with Crippen LogP contribution in [0.3, 0.4) is 0 Å². The molecule has 0 unspecified atom stereocenters. The summed E-state index contributed by atoms with van der Waals surface area (Å²) in [6.45, 7) is 5.78. The molecule has 30 heavy (non-hydrogen) atoms. The van der Waals surface area contributed by atoms with Gasteiger partial charge in [-0.05, 0) is 56.7 Å². The number of carbonyl (C=O) groups is 1. The molecule has 0 aromatic heterocycles. The number of nitrogens with one attached hydrogen (secondary N) is 2. The lowest BCUT2D eigenvalue weighted by atomic mass is 10.1. The second kappa shape index (κ2) is 8.90. The molecular formula is C23H23ClN2O3S. The minimum absolute atomic E-state index is 0.137. The Morgan fingerprint density at radius 1 is 0.900 bits per heavy atom. The monoisotopic (exact) mass is 442 g/mol. The van der Waals surface area contributed by atoms with Gasteiger partial charge < -0.3 is 5.32 Å². The zero-order valence-corrected chi connectivity index (χ0v) is 18.5. The van der Waals surface area contributed by atoms with Crippen molar-refractivity contribution in [3.05, 3.63) is 94.0 Å². The molecule has 2 N–H and O–H groups in total. The molecule has 0 saturated carbocycles. The zero-order valence-electron chi connectivity index (χ0n) is 16.9. The average molecular weight is 443 g/mol. The fourth-order valence-electron chi connectivity index (χ4n) is 2.88. The molecule has 7 heteroatoms. The SMILES string of the molecule is Cc1ccc([C@H](C)NC(=O)c2ccc(NS(=O)(=O)c3ccc(C)cc3)c(Cl)c2)cc1. The first-order chi connectivity index (χ1) is 14.2. The number of amides is 1. The van der Waals surface area contributed by atoms with Crippen LogP contribution in [0.5, 0.6) is 0 Å². The second-order valence-electron chi connectivity index (χ2n) is 7.22. The Morgan fingerprint density at radius 2 is 1.47 bits per heavy atom. The second-order valence-corrected chi connectivity index (χ2v) is 9.31. The summed E-state index contributed by atoms with van der Waals surface area (Å²) in [6.07, 6.45) is 0. The number of anilines is 1. The van der Waals surface area contributed by atoms with Crippen LogP contribution < -0.4 is 10.0 Å². The van der Waals surface area contributed by atoms with Crippen LogP contribution in [0, 0.1) is 13.8 Å². The number of aryl methyl sites for hydroxylation is 2. The van der Waals surface area contributed by atoms with Gasteiger partial charge in [-0.25, -0.2) is 8.42 Å². The quantitative estimate of drug-likeness (QED) is 0.547. The van der Waals surface area contributed by atoms with Crippen LogP contribution >= 0.6 is 11.6 Å². The average Bonchev–Trinajstić information content (AvgIpc) is 2.70. The van der Waals surface area contributed by atoms with Gasteiger partial charge in [-0.3, -0.25) is 9.52 Å². The maximum atomic E-state index is 12.6. The van der Waals surface area contributed by atoms with Crippen molar-refractivity contribution in [1.29, 1.82) is 0 Å². The first-order valence-electron chi connectivity index (χ1n) is 9.42. The molecule has 0 aliphatic carbocycles. The topological polar surface area (TPSA) is 75.3 Å². The molecule has 1 atom stereocenters. The summed E-state index contributed by atoms with van der Waals surface area (Å²) >= 11 is 6.26. The number of sulfonamides is 1. The third-order valence-electron chi connectivity index (χ3n) is 4.73. The van der Waals surface area contributed by atoms with Crippen molar-refractivity contribution in [3.8, 4) is 0 Å². The van der Waals surface area contributed by atoms with Gasteiger partial charge in [-0.15, -0.1) is 0 Å². The van der Waals surface area contributed by atoms with Gasteiger partial charge in [-0.2, -0.15) is 0 Å². The van der Waals surface area contributed by atoms with E-state index in [0.29, 0.717) is 5.56 Å². The standard InChI is InChI=1S/C23H23ClN2O3S/c1-15-4-8-18(9-5-15)17(3)25-23(27)19-10-13-22(21(24)14-19)26-30(28,29)20-11-6-16(2)7-12-20/h4-14,17,26H,1-3H3,(H,25,27)/t17-/m0/s1. The highest BCUT2D eigenvalue weighted by Crippen LogP contribution is 2.26. The van der Waals surface area contributed by atoms with Crippen LogP contribution in [0.4, 0.5) is 5.69 Å². The van der Waals surface area contributed by atoms with Gasteiger partial charge in [0, 0.05) is 5.56 Å². The largest absolute Gasteiger partial charge is 0.346 e. The molecule has 156 valence electrons. The highest BCUT2D eigenvalue weighted by molar-refractivity contribution is 7.92. The highest BCUT2D eigenvalue weighted by atomic mass is 35.5. The predicted molar refractivity (Wildman–Crippen MR) is 120 cm³/mol. The Kier molecular flexibility index (Phi) is 6.48. The number of halogens is 1. The van der Waals surface area contributed by atoms with Crippen LogP contribution in [0.1, 0.15) is 40.0 Å².